The van der Waals surface area contributed by atoms with E-state index in [9.17, 15) is 4.79 Å². The molecule has 0 amide bonds. The number of fused-ring (bicyclic) bond motifs is 1. The van der Waals surface area contributed by atoms with Crippen molar-refractivity contribution in [2.75, 3.05) is 0 Å². The average Bonchev–Trinajstić information content (AvgIpc) is 2.77. The molecule has 3 aromatic carbocycles. The summed E-state index contributed by atoms with van der Waals surface area (Å²) in [6.45, 7) is 0.551. The largest absolute Gasteiger partial charge is 0.511 e. The monoisotopic (exact) mass is 401 g/mol. The number of benzene rings is 3. The lowest BCUT2D eigenvalue weighted by molar-refractivity contribution is 0.143. The fraction of sp³-hybridized carbons (Fsp3) is 0.0833. The second-order valence-corrected chi connectivity index (χ2v) is 6.52. The number of aromatic nitrogens is 1. The molecule has 0 aliphatic heterocycles. The van der Waals surface area contributed by atoms with Crippen LogP contribution < -0.4 is 14.2 Å². The molecule has 6 nitrogen and oxygen atoms in total. The van der Waals surface area contributed by atoms with E-state index in [0.29, 0.717) is 23.7 Å². The molecule has 0 spiro atoms. The van der Waals surface area contributed by atoms with Gasteiger partial charge in [0.05, 0.1) is 11.2 Å². The van der Waals surface area contributed by atoms with Crippen LogP contribution in [0.1, 0.15) is 11.3 Å². The summed E-state index contributed by atoms with van der Waals surface area (Å²) >= 11 is 0. The van der Waals surface area contributed by atoms with Gasteiger partial charge in [0.15, 0.2) is 0 Å². The van der Waals surface area contributed by atoms with E-state index in [1.807, 2.05) is 48.5 Å². The van der Waals surface area contributed by atoms with Gasteiger partial charge in [0.25, 0.3) is 0 Å². The van der Waals surface area contributed by atoms with Crippen molar-refractivity contribution in [3.63, 3.8) is 0 Å². The van der Waals surface area contributed by atoms with Gasteiger partial charge in [-0.2, -0.15) is 0 Å². The molecule has 1 heterocycles. The van der Waals surface area contributed by atoms with Gasteiger partial charge in [-0.1, -0.05) is 42.5 Å². The van der Waals surface area contributed by atoms with Gasteiger partial charge in [-0.15, -0.1) is 0 Å². The maximum absolute atomic E-state index is 10.8. The first kappa shape index (κ1) is 19.3. The van der Waals surface area contributed by atoms with Gasteiger partial charge in [0, 0.05) is 10.9 Å². The Hall–Kier alpha value is -4.06. The van der Waals surface area contributed by atoms with Crippen molar-refractivity contribution in [2.24, 2.45) is 0 Å². The predicted molar refractivity (Wildman–Crippen MR) is 112 cm³/mol. The van der Waals surface area contributed by atoms with Crippen molar-refractivity contribution < 1.29 is 24.1 Å². The standard InChI is InChI=1S/C24H19NO5/c26-24(27)30-23-8-4-2-6-18(23)15-28-20-11-13-21(14-12-20)29-16-19-10-9-17-5-1-3-7-22(17)25-19/h1-14H,15-16H2,(H,26,27). The molecule has 0 unspecified atom stereocenters. The summed E-state index contributed by atoms with van der Waals surface area (Å²) in [7, 11) is 0. The van der Waals surface area contributed by atoms with Crippen molar-refractivity contribution in [2.45, 2.75) is 13.2 Å². The van der Waals surface area contributed by atoms with Gasteiger partial charge >= 0.3 is 6.16 Å². The molecule has 0 saturated carbocycles. The predicted octanol–water partition coefficient (Wildman–Crippen LogP) is 5.45. The van der Waals surface area contributed by atoms with Crippen LogP contribution in [-0.2, 0) is 13.2 Å². The highest BCUT2D eigenvalue weighted by Gasteiger charge is 2.08. The molecule has 150 valence electrons. The van der Waals surface area contributed by atoms with Crippen LogP contribution in [0.2, 0.25) is 0 Å². The third-order valence-corrected chi connectivity index (χ3v) is 4.43. The molecular formula is C24H19NO5. The van der Waals surface area contributed by atoms with Gasteiger partial charge < -0.3 is 19.3 Å². The van der Waals surface area contributed by atoms with E-state index in [1.165, 1.54) is 0 Å². The third-order valence-electron chi connectivity index (χ3n) is 4.43. The summed E-state index contributed by atoms with van der Waals surface area (Å²) in [5.41, 5.74) is 2.43. The number of hydrogen-bond donors (Lipinski definition) is 1. The van der Waals surface area contributed by atoms with Gasteiger partial charge in [0.2, 0.25) is 0 Å². The van der Waals surface area contributed by atoms with E-state index in [0.717, 1.165) is 16.6 Å². The lowest BCUT2D eigenvalue weighted by Crippen LogP contribution is -2.06. The number of hydrogen-bond acceptors (Lipinski definition) is 5. The Morgan fingerprint density at radius 2 is 1.43 bits per heavy atom. The minimum Gasteiger partial charge on any atom is -0.489 e. The molecule has 0 atom stereocenters. The topological polar surface area (TPSA) is 77.9 Å². The van der Waals surface area contributed by atoms with Gasteiger partial charge in [-0.05, 0) is 42.5 Å². The number of carbonyl (C=O) groups is 1. The second kappa shape index (κ2) is 8.96. The molecule has 6 heteroatoms. The fourth-order valence-corrected chi connectivity index (χ4v) is 2.96. The van der Waals surface area contributed by atoms with Crippen molar-refractivity contribution in [1.82, 2.24) is 4.98 Å². The fourth-order valence-electron chi connectivity index (χ4n) is 2.96. The molecule has 1 N–H and O–H groups in total. The lowest BCUT2D eigenvalue weighted by Gasteiger charge is -2.11. The molecule has 0 aliphatic rings. The van der Waals surface area contributed by atoms with Crippen LogP contribution in [0.25, 0.3) is 10.9 Å². The molecule has 0 bridgehead atoms. The number of para-hydroxylation sites is 2. The summed E-state index contributed by atoms with van der Waals surface area (Å²) in [5.74, 6) is 1.59. The first-order valence-electron chi connectivity index (χ1n) is 9.36. The smallest absolute Gasteiger partial charge is 0.489 e. The zero-order valence-electron chi connectivity index (χ0n) is 16.0. The highest BCUT2D eigenvalue weighted by Crippen LogP contribution is 2.23. The average molecular weight is 401 g/mol. The molecule has 1 aromatic heterocycles. The zero-order chi connectivity index (χ0) is 20.8. The van der Waals surface area contributed by atoms with E-state index in [-0.39, 0.29) is 12.4 Å². The van der Waals surface area contributed by atoms with E-state index in [2.05, 4.69) is 4.98 Å². The quantitative estimate of drug-likeness (QED) is 0.328. The van der Waals surface area contributed by atoms with Crippen LogP contribution in [0.15, 0.2) is 84.9 Å². The minimum atomic E-state index is -1.36. The normalized spacial score (nSPS) is 10.5. The van der Waals surface area contributed by atoms with Crippen LogP contribution in [0.4, 0.5) is 4.79 Å². The molecular weight excluding hydrogens is 382 g/mol. The summed E-state index contributed by atoms with van der Waals surface area (Å²) in [4.78, 5) is 15.4. The maximum atomic E-state index is 10.8. The molecule has 4 aromatic rings. The Bertz CT molecular complexity index is 1160. The lowest BCUT2D eigenvalue weighted by atomic mass is 10.2. The first-order valence-corrected chi connectivity index (χ1v) is 9.36. The third kappa shape index (κ3) is 4.86. The highest BCUT2D eigenvalue weighted by atomic mass is 16.7. The number of carboxylic acid groups (broad SMARTS) is 1. The summed E-state index contributed by atoms with van der Waals surface area (Å²) < 4.78 is 16.3. The van der Waals surface area contributed by atoms with Crippen molar-refractivity contribution >= 4 is 17.1 Å². The highest BCUT2D eigenvalue weighted by molar-refractivity contribution is 5.78. The van der Waals surface area contributed by atoms with Gasteiger partial charge in [0.1, 0.15) is 30.5 Å². The SMILES string of the molecule is O=C(O)Oc1ccccc1COc1ccc(OCc2ccc3ccccc3n2)cc1. The number of pyridine rings is 1. The minimum absolute atomic E-state index is 0.185. The Morgan fingerprint density at radius 3 is 2.20 bits per heavy atom. The van der Waals surface area contributed by atoms with Gasteiger partial charge in [-0.25, -0.2) is 9.78 Å². The van der Waals surface area contributed by atoms with Crippen molar-refractivity contribution in [3.8, 4) is 17.2 Å². The summed E-state index contributed by atoms with van der Waals surface area (Å²) in [6.07, 6.45) is -1.36. The van der Waals surface area contributed by atoms with Crippen molar-refractivity contribution in [3.05, 3.63) is 96.2 Å². The Balaban J connectivity index is 1.34. The van der Waals surface area contributed by atoms with Crippen LogP contribution in [-0.4, -0.2) is 16.2 Å². The number of rotatable bonds is 7. The molecule has 0 aliphatic carbocycles. The van der Waals surface area contributed by atoms with E-state index < -0.39 is 6.16 Å². The van der Waals surface area contributed by atoms with E-state index >= 15 is 0 Å². The Kier molecular flexibility index (Phi) is 5.75. The van der Waals surface area contributed by atoms with Crippen molar-refractivity contribution in [1.29, 1.82) is 0 Å². The summed E-state index contributed by atoms with van der Waals surface area (Å²) in [5, 5.41) is 9.91. The van der Waals surface area contributed by atoms with Crippen LogP contribution >= 0.6 is 0 Å². The zero-order valence-corrected chi connectivity index (χ0v) is 16.0. The molecule has 30 heavy (non-hydrogen) atoms. The number of nitrogens with zero attached hydrogens (tertiary/aromatic N) is 1. The van der Waals surface area contributed by atoms with E-state index in [1.54, 1.807) is 36.4 Å². The second-order valence-electron chi connectivity index (χ2n) is 6.52. The van der Waals surface area contributed by atoms with Crippen LogP contribution in [0.3, 0.4) is 0 Å². The Morgan fingerprint density at radius 1 is 0.767 bits per heavy atom. The summed E-state index contributed by atoms with van der Waals surface area (Å²) in [6, 6.07) is 26.0. The van der Waals surface area contributed by atoms with E-state index in [4.69, 9.17) is 19.3 Å². The molecule has 0 fully saturated rings. The number of ether oxygens (including phenoxy) is 3. The molecule has 0 radical (unpaired) electrons. The maximum Gasteiger partial charge on any atom is 0.511 e. The first-order chi connectivity index (χ1) is 14.7. The van der Waals surface area contributed by atoms with Crippen LogP contribution in [0.5, 0.6) is 17.2 Å². The van der Waals surface area contributed by atoms with Gasteiger partial charge in [-0.3, -0.25) is 0 Å². The molecule has 4 rings (SSSR count). The Labute approximate surface area is 173 Å². The van der Waals surface area contributed by atoms with Crippen LogP contribution in [0, 0.1) is 0 Å². The molecule has 0 saturated heterocycles.